The van der Waals surface area contributed by atoms with Gasteiger partial charge in [0.25, 0.3) is 0 Å². The van der Waals surface area contributed by atoms with Gasteiger partial charge in [0.15, 0.2) is 0 Å². The Bertz CT molecular complexity index is 566. The Morgan fingerprint density at radius 1 is 1.33 bits per heavy atom. The summed E-state index contributed by atoms with van der Waals surface area (Å²) in [5.41, 5.74) is 1.16. The van der Waals surface area contributed by atoms with E-state index in [4.69, 9.17) is 5.10 Å². The second kappa shape index (κ2) is 6.75. The maximum Gasteiger partial charge on any atom is 0.0762 e. The van der Waals surface area contributed by atoms with Crippen LogP contribution < -0.4 is 5.32 Å². The van der Waals surface area contributed by atoms with E-state index in [2.05, 4.69) is 48.2 Å². The average molecular weight is 303 g/mol. The minimum atomic E-state index is 0.486. The van der Waals surface area contributed by atoms with Crippen LogP contribution >= 0.6 is 11.3 Å². The first-order chi connectivity index (χ1) is 10.2. The number of rotatable bonds is 6. The lowest BCUT2D eigenvalue weighted by molar-refractivity contribution is 0.457. The van der Waals surface area contributed by atoms with E-state index in [0.717, 1.165) is 18.7 Å². The first kappa shape index (κ1) is 14.8. The van der Waals surface area contributed by atoms with Crippen molar-refractivity contribution < 1.29 is 0 Å². The summed E-state index contributed by atoms with van der Waals surface area (Å²) in [6.45, 7) is 5.29. The number of nitrogens with zero attached hydrogens (tertiary/aromatic N) is 2. The maximum atomic E-state index is 4.73. The Hall–Kier alpha value is -1.13. The molecule has 4 heteroatoms. The molecule has 0 aliphatic heterocycles. The third-order valence-electron chi connectivity index (χ3n) is 4.30. The Labute approximate surface area is 131 Å². The lowest BCUT2D eigenvalue weighted by Gasteiger charge is -2.12. The molecule has 1 aliphatic carbocycles. The predicted octanol–water partition coefficient (Wildman–Crippen LogP) is 4.09. The Morgan fingerprint density at radius 2 is 2.14 bits per heavy atom. The van der Waals surface area contributed by atoms with Crippen molar-refractivity contribution in [1.82, 2.24) is 15.1 Å². The van der Waals surface area contributed by atoms with Crippen LogP contribution in [0.3, 0.4) is 0 Å². The summed E-state index contributed by atoms with van der Waals surface area (Å²) < 4.78 is 2.18. The van der Waals surface area contributed by atoms with E-state index in [-0.39, 0.29) is 0 Å². The molecule has 2 aromatic heterocycles. The lowest BCUT2D eigenvalue weighted by atomic mass is 10.2. The molecule has 0 bridgehead atoms. The molecule has 114 valence electrons. The van der Waals surface area contributed by atoms with Gasteiger partial charge >= 0.3 is 0 Å². The Morgan fingerprint density at radius 3 is 2.86 bits per heavy atom. The minimum Gasteiger partial charge on any atom is -0.308 e. The summed E-state index contributed by atoms with van der Waals surface area (Å²) in [5.74, 6) is 0. The van der Waals surface area contributed by atoms with E-state index in [1.54, 1.807) is 0 Å². The van der Waals surface area contributed by atoms with Crippen molar-refractivity contribution in [3.05, 3.63) is 39.8 Å². The zero-order chi connectivity index (χ0) is 14.7. The van der Waals surface area contributed by atoms with Gasteiger partial charge in [-0.2, -0.15) is 5.10 Å². The molecule has 1 atom stereocenters. The van der Waals surface area contributed by atoms with Gasteiger partial charge in [-0.3, -0.25) is 4.68 Å². The third-order valence-corrected chi connectivity index (χ3v) is 5.32. The summed E-state index contributed by atoms with van der Waals surface area (Å²) in [6.07, 6.45) is 8.55. The molecule has 1 aliphatic rings. The highest BCUT2D eigenvalue weighted by Crippen LogP contribution is 2.28. The maximum absolute atomic E-state index is 4.73. The molecule has 0 saturated heterocycles. The molecule has 0 spiro atoms. The standard InChI is InChI=1S/C17H25N3S/c1-13(11-17-8-7-14(2)21-17)18-12-15-9-10-20(19-15)16-5-3-4-6-16/h7-10,13,16,18H,3-6,11-12H2,1-2H3. The van der Waals surface area contributed by atoms with Gasteiger partial charge in [0.1, 0.15) is 0 Å². The Balaban J connectivity index is 1.48. The fourth-order valence-corrected chi connectivity index (χ4v) is 4.11. The third kappa shape index (κ3) is 3.95. The molecule has 21 heavy (non-hydrogen) atoms. The summed E-state index contributed by atoms with van der Waals surface area (Å²) in [6, 6.07) is 7.74. The number of aromatic nitrogens is 2. The van der Waals surface area contributed by atoms with E-state index in [9.17, 15) is 0 Å². The smallest absolute Gasteiger partial charge is 0.0762 e. The molecule has 1 saturated carbocycles. The highest BCUT2D eigenvalue weighted by atomic mass is 32.1. The SMILES string of the molecule is Cc1ccc(CC(C)NCc2ccn(C3CCCC3)n2)s1. The molecular formula is C17H25N3S. The molecule has 3 rings (SSSR count). The van der Waals surface area contributed by atoms with Gasteiger partial charge in [0.2, 0.25) is 0 Å². The molecule has 0 radical (unpaired) electrons. The predicted molar refractivity (Wildman–Crippen MR) is 88.8 cm³/mol. The molecule has 3 nitrogen and oxygen atoms in total. The van der Waals surface area contributed by atoms with Gasteiger partial charge in [-0.1, -0.05) is 12.8 Å². The molecule has 2 heterocycles. The summed E-state index contributed by atoms with van der Waals surface area (Å²) in [4.78, 5) is 2.86. The number of thiophene rings is 1. The highest BCUT2D eigenvalue weighted by molar-refractivity contribution is 7.11. The number of nitrogens with one attached hydrogen (secondary N) is 1. The average Bonchev–Trinajstić information content (AvgIpc) is 3.17. The monoisotopic (exact) mass is 303 g/mol. The van der Waals surface area contributed by atoms with Crippen molar-refractivity contribution in [2.45, 2.75) is 64.6 Å². The molecule has 1 fully saturated rings. The summed E-state index contributed by atoms with van der Waals surface area (Å²) in [7, 11) is 0. The largest absolute Gasteiger partial charge is 0.308 e. The van der Waals surface area contributed by atoms with Gasteiger partial charge in [-0.15, -0.1) is 11.3 Å². The fraction of sp³-hybridized carbons (Fsp3) is 0.588. The van der Waals surface area contributed by atoms with Crippen LogP contribution in [0.5, 0.6) is 0 Å². The van der Waals surface area contributed by atoms with Crippen LogP contribution in [0, 0.1) is 6.92 Å². The molecule has 0 amide bonds. The van der Waals surface area contributed by atoms with Crippen LogP contribution in [0.2, 0.25) is 0 Å². The lowest BCUT2D eigenvalue weighted by Crippen LogP contribution is -2.27. The van der Waals surface area contributed by atoms with E-state index in [1.807, 2.05) is 11.3 Å². The minimum absolute atomic E-state index is 0.486. The van der Waals surface area contributed by atoms with Crippen molar-refractivity contribution in [2.75, 3.05) is 0 Å². The van der Waals surface area contributed by atoms with Crippen molar-refractivity contribution in [1.29, 1.82) is 0 Å². The fourth-order valence-electron chi connectivity index (χ4n) is 3.09. The van der Waals surface area contributed by atoms with Crippen LogP contribution in [0.1, 0.15) is 54.1 Å². The van der Waals surface area contributed by atoms with Crippen molar-refractivity contribution in [3.8, 4) is 0 Å². The molecule has 1 unspecified atom stereocenters. The second-order valence-electron chi connectivity index (χ2n) is 6.22. The van der Waals surface area contributed by atoms with Gasteiger partial charge in [0, 0.05) is 28.5 Å². The van der Waals surface area contributed by atoms with Gasteiger partial charge in [-0.05, 0) is 51.3 Å². The van der Waals surface area contributed by atoms with Gasteiger partial charge in [0.05, 0.1) is 11.7 Å². The Kier molecular flexibility index (Phi) is 4.76. The van der Waals surface area contributed by atoms with Crippen LogP contribution in [-0.2, 0) is 13.0 Å². The van der Waals surface area contributed by atoms with Crippen LogP contribution in [0.15, 0.2) is 24.4 Å². The quantitative estimate of drug-likeness (QED) is 0.871. The number of aryl methyl sites for hydroxylation is 1. The van der Waals surface area contributed by atoms with Crippen molar-refractivity contribution in [3.63, 3.8) is 0 Å². The molecule has 2 aromatic rings. The van der Waals surface area contributed by atoms with E-state index in [1.165, 1.54) is 35.4 Å². The first-order valence-corrected chi connectivity index (χ1v) is 8.85. The van der Waals surface area contributed by atoms with Crippen LogP contribution in [0.25, 0.3) is 0 Å². The highest BCUT2D eigenvalue weighted by Gasteiger charge is 2.17. The van der Waals surface area contributed by atoms with Crippen LogP contribution in [0.4, 0.5) is 0 Å². The number of hydrogen-bond acceptors (Lipinski definition) is 3. The second-order valence-corrected chi connectivity index (χ2v) is 7.60. The van der Waals surface area contributed by atoms with Crippen LogP contribution in [-0.4, -0.2) is 15.8 Å². The van der Waals surface area contributed by atoms with Crippen molar-refractivity contribution in [2.24, 2.45) is 0 Å². The normalized spacial score (nSPS) is 17.4. The summed E-state index contributed by atoms with van der Waals surface area (Å²) in [5, 5.41) is 8.32. The molecule has 1 N–H and O–H groups in total. The summed E-state index contributed by atoms with van der Waals surface area (Å²) >= 11 is 1.90. The van der Waals surface area contributed by atoms with Gasteiger partial charge < -0.3 is 5.32 Å². The molecular weight excluding hydrogens is 278 g/mol. The zero-order valence-corrected chi connectivity index (χ0v) is 13.8. The van der Waals surface area contributed by atoms with E-state index in [0.29, 0.717) is 12.1 Å². The van der Waals surface area contributed by atoms with Gasteiger partial charge in [-0.25, -0.2) is 0 Å². The van der Waals surface area contributed by atoms with E-state index >= 15 is 0 Å². The first-order valence-electron chi connectivity index (χ1n) is 8.03. The molecule has 0 aromatic carbocycles. The van der Waals surface area contributed by atoms with Crippen molar-refractivity contribution >= 4 is 11.3 Å². The zero-order valence-electron chi connectivity index (χ0n) is 13.0. The topological polar surface area (TPSA) is 29.9 Å². The number of hydrogen-bond donors (Lipinski definition) is 1. The van der Waals surface area contributed by atoms with E-state index < -0.39 is 0 Å².